The van der Waals surface area contributed by atoms with Crippen LogP contribution in [0.4, 0.5) is 4.79 Å². The van der Waals surface area contributed by atoms with Crippen molar-refractivity contribution in [3.8, 4) is 0 Å². The fourth-order valence-corrected chi connectivity index (χ4v) is 2.83. The highest BCUT2D eigenvalue weighted by atomic mass is 16.6. The number of carbonyl (C=O) groups excluding carboxylic acids is 1. The second-order valence-corrected chi connectivity index (χ2v) is 7.04. The molecule has 0 unspecified atom stereocenters. The van der Waals surface area contributed by atoms with E-state index in [4.69, 9.17) is 9.47 Å². The molecular formula is C18H28N2O3. The zero-order valence-corrected chi connectivity index (χ0v) is 14.5. The number of nitrogens with one attached hydrogen (secondary N) is 1. The van der Waals surface area contributed by atoms with Gasteiger partial charge in [0.15, 0.2) is 0 Å². The monoisotopic (exact) mass is 320 g/mol. The Morgan fingerprint density at radius 2 is 2.00 bits per heavy atom. The van der Waals surface area contributed by atoms with E-state index < -0.39 is 5.60 Å². The lowest BCUT2D eigenvalue weighted by atomic mass is 10.0. The minimum Gasteiger partial charge on any atom is -0.444 e. The van der Waals surface area contributed by atoms with Crippen LogP contribution in [0.15, 0.2) is 30.3 Å². The number of benzene rings is 1. The normalized spacial score (nSPS) is 22.6. The molecule has 1 aliphatic rings. The fraction of sp³-hybridized carbons (Fsp3) is 0.611. The summed E-state index contributed by atoms with van der Waals surface area (Å²) in [6.07, 6.45) is 0.450. The van der Waals surface area contributed by atoms with Gasteiger partial charge in [0, 0.05) is 26.7 Å². The first-order valence-corrected chi connectivity index (χ1v) is 8.16. The van der Waals surface area contributed by atoms with Crippen LogP contribution in [0.2, 0.25) is 0 Å². The second kappa shape index (κ2) is 7.79. The van der Waals surface area contributed by atoms with Crippen molar-refractivity contribution in [2.24, 2.45) is 0 Å². The van der Waals surface area contributed by atoms with Gasteiger partial charge in [-0.25, -0.2) is 4.79 Å². The number of likely N-dealkylation sites (tertiary alicyclic amines) is 1. The van der Waals surface area contributed by atoms with Crippen LogP contribution in [0.3, 0.4) is 0 Å². The number of piperidine rings is 1. The third-order valence-corrected chi connectivity index (χ3v) is 3.90. The van der Waals surface area contributed by atoms with Crippen molar-refractivity contribution < 1.29 is 14.3 Å². The Morgan fingerprint density at radius 1 is 1.30 bits per heavy atom. The van der Waals surface area contributed by atoms with Crippen molar-refractivity contribution in [2.75, 3.05) is 20.2 Å². The van der Waals surface area contributed by atoms with Crippen LogP contribution in [-0.4, -0.2) is 48.9 Å². The maximum absolute atomic E-state index is 12.0. The van der Waals surface area contributed by atoms with E-state index in [1.807, 2.05) is 26.8 Å². The molecular weight excluding hydrogens is 292 g/mol. The Morgan fingerprint density at radius 3 is 2.61 bits per heavy atom. The van der Waals surface area contributed by atoms with Gasteiger partial charge >= 0.3 is 6.09 Å². The number of methoxy groups -OCH3 is 1. The van der Waals surface area contributed by atoms with Crippen LogP contribution in [0.25, 0.3) is 0 Å². The van der Waals surface area contributed by atoms with Gasteiger partial charge in [0.05, 0.1) is 12.1 Å². The number of hydrogen-bond acceptors (Lipinski definition) is 4. The molecule has 1 amide bonds. The zero-order chi connectivity index (χ0) is 16.9. The van der Waals surface area contributed by atoms with Gasteiger partial charge in [-0.05, 0) is 32.8 Å². The molecule has 0 spiro atoms. The van der Waals surface area contributed by atoms with Crippen molar-refractivity contribution in [1.82, 2.24) is 10.2 Å². The van der Waals surface area contributed by atoms with Crippen LogP contribution in [0.5, 0.6) is 0 Å². The molecule has 1 saturated heterocycles. The van der Waals surface area contributed by atoms with Crippen molar-refractivity contribution in [1.29, 1.82) is 0 Å². The van der Waals surface area contributed by atoms with Gasteiger partial charge in [-0.2, -0.15) is 0 Å². The summed E-state index contributed by atoms with van der Waals surface area (Å²) in [6, 6.07) is 10.4. The summed E-state index contributed by atoms with van der Waals surface area (Å²) in [5, 5.41) is 2.95. The first-order valence-electron chi connectivity index (χ1n) is 8.16. The third-order valence-electron chi connectivity index (χ3n) is 3.90. The molecule has 23 heavy (non-hydrogen) atoms. The van der Waals surface area contributed by atoms with Gasteiger partial charge in [0.1, 0.15) is 5.60 Å². The Hall–Kier alpha value is -1.59. The van der Waals surface area contributed by atoms with E-state index in [2.05, 4.69) is 34.5 Å². The molecule has 0 radical (unpaired) electrons. The first-order chi connectivity index (χ1) is 10.9. The molecule has 5 nitrogen and oxygen atoms in total. The lowest BCUT2D eigenvalue weighted by Gasteiger charge is -2.38. The van der Waals surface area contributed by atoms with Gasteiger partial charge in [-0.3, -0.25) is 4.90 Å². The van der Waals surface area contributed by atoms with Crippen LogP contribution in [0, 0.1) is 0 Å². The Kier molecular flexibility index (Phi) is 6.02. The predicted molar refractivity (Wildman–Crippen MR) is 90.3 cm³/mol. The number of nitrogens with zero attached hydrogens (tertiary/aromatic N) is 1. The summed E-state index contributed by atoms with van der Waals surface area (Å²) in [6.45, 7) is 8.22. The molecule has 1 fully saturated rings. The predicted octanol–water partition coefficient (Wildman–Crippen LogP) is 2.80. The van der Waals surface area contributed by atoms with Crippen LogP contribution in [-0.2, 0) is 16.0 Å². The molecule has 0 aromatic heterocycles. The highest BCUT2D eigenvalue weighted by molar-refractivity contribution is 5.68. The van der Waals surface area contributed by atoms with Crippen molar-refractivity contribution in [2.45, 2.75) is 51.5 Å². The number of amides is 1. The minimum absolute atomic E-state index is 0.0122. The SMILES string of the molecule is CO[C@H]1CN(Cc2ccccc2)CC[C@H]1NC(=O)OC(C)(C)C. The molecule has 5 heteroatoms. The van der Waals surface area contributed by atoms with Crippen LogP contribution >= 0.6 is 0 Å². The number of hydrogen-bond donors (Lipinski definition) is 1. The molecule has 0 saturated carbocycles. The van der Waals surface area contributed by atoms with Crippen molar-refractivity contribution >= 4 is 6.09 Å². The zero-order valence-electron chi connectivity index (χ0n) is 14.5. The summed E-state index contributed by atoms with van der Waals surface area (Å²) >= 11 is 0. The van der Waals surface area contributed by atoms with E-state index in [1.54, 1.807) is 7.11 Å². The van der Waals surface area contributed by atoms with Crippen LogP contribution < -0.4 is 5.32 Å². The molecule has 0 bridgehead atoms. The molecule has 2 rings (SSSR count). The topological polar surface area (TPSA) is 50.8 Å². The fourth-order valence-electron chi connectivity index (χ4n) is 2.83. The maximum atomic E-state index is 12.0. The molecule has 1 aliphatic heterocycles. The lowest BCUT2D eigenvalue weighted by molar-refractivity contribution is -0.00447. The van der Waals surface area contributed by atoms with Crippen molar-refractivity contribution in [3.05, 3.63) is 35.9 Å². The summed E-state index contributed by atoms with van der Waals surface area (Å²) in [4.78, 5) is 14.3. The standard InChI is InChI=1S/C18H28N2O3/c1-18(2,3)23-17(21)19-15-10-11-20(13-16(15)22-4)12-14-8-6-5-7-9-14/h5-9,15-16H,10-13H2,1-4H3,(H,19,21)/t15-,16+/m1/s1. The summed E-state index contributed by atoms with van der Waals surface area (Å²) in [7, 11) is 1.69. The number of alkyl carbamates (subject to hydrolysis) is 1. The summed E-state index contributed by atoms with van der Waals surface area (Å²) in [5.41, 5.74) is 0.807. The summed E-state index contributed by atoms with van der Waals surface area (Å²) < 4.78 is 10.9. The number of rotatable bonds is 4. The summed E-state index contributed by atoms with van der Waals surface area (Å²) in [5.74, 6) is 0. The smallest absolute Gasteiger partial charge is 0.407 e. The Balaban J connectivity index is 1.87. The largest absolute Gasteiger partial charge is 0.444 e. The van der Waals surface area contributed by atoms with E-state index in [-0.39, 0.29) is 18.2 Å². The lowest BCUT2D eigenvalue weighted by Crippen LogP contribution is -2.55. The molecule has 128 valence electrons. The highest BCUT2D eigenvalue weighted by Gasteiger charge is 2.31. The highest BCUT2D eigenvalue weighted by Crippen LogP contribution is 2.17. The average Bonchev–Trinajstić information content (AvgIpc) is 2.48. The molecule has 2 atom stereocenters. The van der Waals surface area contributed by atoms with E-state index >= 15 is 0 Å². The van der Waals surface area contributed by atoms with Gasteiger partial charge in [0.2, 0.25) is 0 Å². The van der Waals surface area contributed by atoms with Crippen molar-refractivity contribution in [3.63, 3.8) is 0 Å². The second-order valence-electron chi connectivity index (χ2n) is 7.04. The molecule has 1 N–H and O–H groups in total. The maximum Gasteiger partial charge on any atom is 0.407 e. The van der Waals surface area contributed by atoms with E-state index in [0.29, 0.717) is 0 Å². The van der Waals surface area contributed by atoms with Gasteiger partial charge in [0.25, 0.3) is 0 Å². The van der Waals surface area contributed by atoms with E-state index in [9.17, 15) is 4.79 Å². The third kappa shape index (κ3) is 5.84. The van der Waals surface area contributed by atoms with Gasteiger partial charge in [-0.1, -0.05) is 30.3 Å². The number of carbonyl (C=O) groups is 1. The van der Waals surface area contributed by atoms with Gasteiger partial charge in [-0.15, -0.1) is 0 Å². The number of ether oxygens (including phenoxy) is 2. The molecule has 0 aliphatic carbocycles. The Bertz CT molecular complexity index is 499. The molecule has 1 heterocycles. The molecule has 1 aromatic carbocycles. The van der Waals surface area contributed by atoms with E-state index in [0.717, 1.165) is 26.1 Å². The minimum atomic E-state index is -0.485. The quantitative estimate of drug-likeness (QED) is 0.927. The van der Waals surface area contributed by atoms with Crippen LogP contribution in [0.1, 0.15) is 32.8 Å². The van der Waals surface area contributed by atoms with E-state index in [1.165, 1.54) is 5.56 Å². The average molecular weight is 320 g/mol. The molecule has 1 aromatic rings. The Labute approximate surface area is 139 Å². The first kappa shape index (κ1) is 17.8. The van der Waals surface area contributed by atoms with Gasteiger partial charge < -0.3 is 14.8 Å².